The van der Waals surface area contributed by atoms with Crippen molar-refractivity contribution in [3.8, 4) is 11.8 Å². The Morgan fingerprint density at radius 1 is 1.32 bits per heavy atom. The maximum atomic E-state index is 11.2. The van der Waals surface area contributed by atoms with Gasteiger partial charge >= 0.3 is 5.97 Å². The second-order valence-corrected chi connectivity index (χ2v) is 4.47. The van der Waals surface area contributed by atoms with Crippen molar-refractivity contribution in [3.63, 3.8) is 0 Å². The molecule has 112 valence electrons. The van der Waals surface area contributed by atoms with Gasteiger partial charge < -0.3 is 20.3 Å². The Bertz CT molecular complexity index is 737. The van der Waals surface area contributed by atoms with E-state index in [4.69, 9.17) is 15.1 Å². The zero-order valence-electron chi connectivity index (χ0n) is 11.8. The highest BCUT2D eigenvalue weighted by Crippen LogP contribution is 2.29. The van der Waals surface area contributed by atoms with E-state index in [0.717, 1.165) is 0 Å². The molecule has 0 fully saturated rings. The highest BCUT2D eigenvalue weighted by Gasteiger charge is 2.17. The van der Waals surface area contributed by atoms with E-state index in [-0.39, 0.29) is 11.1 Å². The standard InChI is InChI=1S/C16H14N2O4/c1-22-14-7-6-10(9-17)8-13(14)18-15(19)11-4-2-3-5-12(11)16(20)21/h2-8,15,18-19H,1H3,(H,20,21). The van der Waals surface area contributed by atoms with Crippen molar-refractivity contribution < 1.29 is 19.7 Å². The van der Waals surface area contributed by atoms with Gasteiger partial charge in [-0.05, 0) is 24.3 Å². The quantitative estimate of drug-likeness (QED) is 0.732. The summed E-state index contributed by atoms with van der Waals surface area (Å²) >= 11 is 0. The number of ether oxygens (including phenoxy) is 1. The maximum absolute atomic E-state index is 11.2. The third kappa shape index (κ3) is 3.16. The van der Waals surface area contributed by atoms with Gasteiger partial charge in [0.05, 0.1) is 30.0 Å². The molecule has 6 heteroatoms. The first kappa shape index (κ1) is 15.4. The fourth-order valence-electron chi connectivity index (χ4n) is 2.05. The van der Waals surface area contributed by atoms with Gasteiger partial charge in [0.15, 0.2) is 6.23 Å². The van der Waals surface area contributed by atoms with Crippen LogP contribution in [0.2, 0.25) is 0 Å². The van der Waals surface area contributed by atoms with E-state index >= 15 is 0 Å². The molecular weight excluding hydrogens is 284 g/mol. The number of nitrogens with zero attached hydrogens (tertiary/aromatic N) is 1. The third-order valence-electron chi connectivity index (χ3n) is 3.11. The lowest BCUT2D eigenvalue weighted by Gasteiger charge is -2.18. The lowest BCUT2D eigenvalue weighted by molar-refractivity contribution is 0.0690. The van der Waals surface area contributed by atoms with Crippen LogP contribution in [0, 0.1) is 11.3 Å². The molecule has 1 atom stereocenters. The van der Waals surface area contributed by atoms with Crippen LogP contribution in [0.25, 0.3) is 0 Å². The van der Waals surface area contributed by atoms with Crippen molar-refractivity contribution in [2.45, 2.75) is 6.23 Å². The summed E-state index contributed by atoms with van der Waals surface area (Å²) < 4.78 is 5.16. The molecule has 0 bridgehead atoms. The highest BCUT2D eigenvalue weighted by atomic mass is 16.5. The lowest BCUT2D eigenvalue weighted by atomic mass is 10.1. The number of benzene rings is 2. The summed E-state index contributed by atoms with van der Waals surface area (Å²) in [7, 11) is 1.46. The summed E-state index contributed by atoms with van der Waals surface area (Å²) in [6.45, 7) is 0. The molecule has 0 aliphatic carbocycles. The number of aliphatic hydroxyl groups excluding tert-OH is 1. The SMILES string of the molecule is COc1ccc(C#N)cc1NC(O)c1ccccc1C(=O)O. The summed E-state index contributed by atoms with van der Waals surface area (Å²) in [5.74, 6) is -0.694. The molecule has 6 nitrogen and oxygen atoms in total. The Balaban J connectivity index is 2.35. The highest BCUT2D eigenvalue weighted by molar-refractivity contribution is 5.89. The van der Waals surface area contributed by atoms with Crippen LogP contribution < -0.4 is 10.1 Å². The second kappa shape index (κ2) is 6.61. The first-order chi connectivity index (χ1) is 10.6. The normalized spacial score (nSPS) is 11.3. The average molecular weight is 298 g/mol. The van der Waals surface area contributed by atoms with Crippen molar-refractivity contribution in [2.75, 3.05) is 12.4 Å². The number of aromatic carboxylic acids is 1. The van der Waals surface area contributed by atoms with E-state index in [1.807, 2.05) is 6.07 Å². The fourth-order valence-corrected chi connectivity index (χ4v) is 2.05. The van der Waals surface area contributed by atoms with Crippen LogP contribution in [-0.4, -0.2) is 23.3 Å². The molecule has 22 heavy (non-hydrogen) atoms. The van der Waals surface area contributed by atoms with Crippen LogP contribution in [0.15, 0.2) is 42.5 Å². The molecule has 0 spiro atoms. The predicted molar refractivity (Wildman–Crippen MR) is 79.7 cm³/mol. The minimum atomic E-state index is -1.25. The number of hydrogen-bond acceptors (Lipinski definition) is 5. The summed E-state index contributed by atoms with van der Waals surface area (Å²) in [6, 6.07) is 12.8. The van der Waals surface area contributed by atoms with Gasteiger partial charge in [0.25, 0.3) is 0 Å². The van der Waals surface area contributed by atoms with Gasteiger partial charge in [-0.3, -0.25) is 0 Å². The molecule has 0 amide bonds. The zero-order valence-corrected chi connectivity index (χ0v) is 11.8. The Kier molecular flexibility index (Phi) is 4.61. The number of carboxylic acid groups (broad SMARTS) is 1. The van der Waals surface area contributed by atoms with Gasteiger partial charge in [-0.25, -0.2) is 4.79 Å². The minimum Gasteiger partial charge on any atom is -0.495 e. The number of hydrogen-bond donors (Lipinski definition) is 3. The minimum absolute atomic E-state index is 0.00194. The number of methoxy groups -OCH3 is 1. The van der Waals surface area contributed by atoms with Crippen LogP contribution in [0.4, 0.5) is 5.69 Å². The smallest absolute Gasteiger partial charge is 0.336 e. The van der Waals surface area contributed by atoms with Crippen LogP contribution in [-0.2, 0) is 0 Å². The number of carbonyl (C=O) groups is 1. The predicted octanol–water partition coefficient (Wildman–Crippen LogP) is 2.37. The number of carboxylic acids is 1. The van der Waals surface area contributed by atoms with Gasteiger partial charge in [0.1, 0.15) is 5.75 Å². The molecule has 1 unspecified atom stereocenters. The Labute approximate surface area is 127 Å². The number of aliphatic hydroxyl groups is 1. The van der Waals surface area contributed by atoms with E-state index in [9.17, 15) is 9.90 Å². The second-order valence-electron chi connectivity index (χ2n) is 4.47. The van der Waals surface area contributed by atoms with Crippen LogP contribution in [0.3, 0.4) is 0 Å². The molecule has 2 aromatic carbocycles. The first-order valence-electron chi connectivity index (χ1n) is 6.41. The van der Waals surface area contributed by atoms with Crippen LogP contribution in [0.5, 0.6) is 5.75 Å². The lowest BCUT2D eigenvalue weighted by Crippen LogP contribution is -2.14. The Hall–Kier alpha value is -3.04. The van der Waals surface area contributed by atoms with Crippen molar-refractivity contribution in [2.24, 2.45) is 0 Å². The van der Waals surface area contributed by atoms with Gasteiger partial charge in [0.2, 0.25) is 0 Å². The van der Waals surface area contributed by atoms with Crippen molar-refractivity contribution in [1.82, 2.24) is 0 Å². The molecule has 0 saturated carbocycles. The van der Waals surface area contributed by atoms with E-state index in [0.29, 0.717) is 17.0 Å². The summed E-state index contributed by atoms with van der Waals surface area (Å²) in [5.41, 5.74) is 1.01. The van der Waals surface area contributed by atoms with Crippen molar-refractivity contribution in [3.05, 3.63) is 59.2 Å². The third-order valence-corrected chi connectivity index (χ3v) is 3.11. The van der Waals surface area contributed by atoms with E-state index < -0.39 is 12.2 Å². The van der Waals surface area contributed by atoms with Gasteiger partial charge in [-0.15, -0.1) is 0 Å². The van der Waals surface area contributed by atoms with Crippen LogP contribution in [0.1, 0.15) is 27.7 Å². The molecule has 2 aromatic rings. The molecule has 0 radical (unpaired) electrons. The number of anilines is 1. The summed E-state index contributed by atoms with van der Waals surface area (Å²) in [4.78, 5) is 11.2. The largest absolute Gasteiger partial charge is 0.495 e. The molecule has 2 rings (SSSR count). The van der Waals surface area contributed by atoms with Crippen molar-refractivity contribution in [1.29, 1.82) is 5.26 Å². The number of rotatable bonds is 5. The molecule has 0 aliphatic heterocycles. The fraction of sp³-hybridized carbons (Fsp3) is 0.125. The molecule has 0 heterocycles. The van der Waals surface area contributed by atoms with E-state index in [1.54, 1.807) is 24.3 Å². The molecular formula is C16H14N2O4. The molecule has 0 aliphatic rings. The van der Waals surface area contributed by atoms with Crippen LogP contribution >= 0.6 is 0 Å². The average Bonchev–Trinajstić information content (AvgIpc) is 2.54. The van der Waals surface area contributed by atoms with Gasteiger partial charge in [-0.1, -0.05) is 18.2 Å². The topological polar surface area (TPSA) is 103 Å². The molecule has 0 saturated heterocycles. The Morgan fingerprint density at radius 3 is 2.68 bits per heavy atom. The summed E-state index contributed by atoms with van der Waals surface area (Å²) in [5, 5.41) is 31.1. The van der Waals surface area contributed by atoms with E-state index in [2.05, 4.69) is 5.32 Å². The zero-order chi connectivity index (χ0) is 16.1. The maximum Gasteiger partial charge on any atom is 0.336 e. The van der Waals surface area contributed by atoms with Gasteiger partial charge in [-0.2, -0.15) is 5.26 Å². The molecule has 0 aromatic heterocycles. The summed E-state index contributed by atoms with van der Waals surface area (Å²) in [6.07, 6.45) is -1.25. The number of nitrogens with one attached hydrogen (secondary N) is 1. The number of nitriles is 1. The Morgan fingerprint density at radius 2 is 2.05 bits per heavy atom. The van der Waals surface area contributed by atoms with Gasteiger partial charge in [0, 0.05) is 5.56 Å². The molecule has 3 N–H and O–H groups in total. The van der Waals surface area contributed by atoms with Crippen molar-refractivity contribution >= 4 is 11.7 Å². The first-order valence-corrected chi connectivity index (χ1v) is 6.41. The monoisotopic (exact) mass is 298 g/mol. The van der Waals surface area contributed by atoms with E-state index in [1.165, 1.54) is 25.3 Å².